The van der Waals surface area contributed by atoms with E-state index in [0.29, 0.717) is 5.70 Å². The van der Waals surface area contributed by atoms with Crippen molar-refractivity contribution in [3.05, 3.63) is 24.7 Å². The van der Waals surface area contributed by atoms with Crippen LogP contribution in [0.1, 0.15) is 45.4 Å². The molecule has 0 aromatic carbocycles. The van der Waals surface area contributed by atoms with E-state index in [1.165, 1.54) is 25.7 Å². The Bertz CT molecular complexity index is 399. The van der Waals surface area contributed by atoms with Crippen LogP contribution in [0.15, 0.2) is 24.7 Å². The molecule has 0 bridgehead atoms. The molecule has 1 heterocycles. The lowest BCUT2D eigenvalue weighted by molar-refractivity contribution is 0.235. The molecule has 4 nitrogen and oxygen atoms in total. The lowest BCUT2D eigenvalue weighted by atomic mass is 10.1. The lowest BCUT2D eigenvalue weighted by Gasteiger charge is -2.25. The molecule has 1 unspecified atom stereocenters. The summed E-state index contributed by atoms with van der Waals surface area (Å²) < 4.78 is 0. The number of nitriles is 2. The van der Waals surface area contributed by atoms with E-state index < -0.39 is 6.17 Å². The van der Waals surface area contributed by atoms with Crippen molar-refractivity contribution < 1.29 is 0 Å². The molecular weight excluding hydrogens is 236 g/mol. The maximum Gasteiger partial charge on any atom is 0.196 e. The van der Waals surface area contributed by atoms with Crippen molar-refractivity contribution in [2.45, 2.75) is 51.6 Å². The fourth-order valence-corrected chi connectivity index (χ4v) is 2.27. The number of allylic oxidation sites excluding steroid dienone is 1. The molecule has 0 spiro atoms. The number of unbranched alkanes of at least 4 members (excludes halogenated alkanes) is 5. The van der Waals surface area contributed by atoms with E-state index in [9.17, 15) is 5.26 Å². The molecule has 1 aliphatic rings. The molecule has 0 N–H and O–H groups in total. The van der Waals surface area contributed by atoms with Crippen molar-refractivity contribution in [3.8, 4) is 12.1 Å². The average Bonchev–Trinajstić information content (AvgIpc) is 2.79. The van der Waals surface area contributed by atoms with Gasteiger partial charge in [0, 0.05) is 12.7 Å². The summed E-state index contributed by atoms with van der Waals surface area (Å²) >= 11 is 0. The van der Waals surface area contributed by atoms with Crippen LogP contribution >= 0.6 is 0 Å². The molecule has 0 radical (unpaired) electrons. The highest BCUT2D eigenvalue weighted by Gasteiger charge is 2.30. The fourth-order valence-electron chi connectivity index (χ4n) is 2.27. The number of hydrogen-bond donors (Lipinski definition) is 0. The van der Waals surface area contributed by atoms with Gasteiger partial charge in [0.15, 0.2) is 6.17 Å². The van der Waals surface area contributed by atoms with Gasteiger partial charge in [-0.2, -0.15) is 10.5 Å². The quantitative estimate of drug-likeness (QED) is 0.627. The van der Waals surface area contributed by atoms with Crippen LogP contribution in [-0.4, -0.2) is 22.5 Å². The van der Waals surface area contributed by atoms with E-state index in [-0.39, 0.29) is 0 Å². The fraction of sp³-hybridized carbons (Fsp3) is 0.600. The molecule has 0 aromatic heterocycles. The molecule has 0 saturated heterocycles. The molecule has 4 heteroatoms. The Balaban J connectivity index is 2.43. The van der Waals surface area contributed by atoms with Gasteiger partial charge in [0.05, 0.1) is 0 Å². The Hall–Kier alpha value is -1.94. The van der Waals surface area contributed by atoms with E-state index >= 15 is 0 Å². The molecule has 1 atom stereocenters. The van der Waals surface area contributed by atoms with E-state index in [4.69, 9.17) is 5.26 Å². The Kier molecular flexibility index (Phi) is 6.53. The molecule has 0 aromatic rings. The molecule has 0 amide bonds. The van der Waals surface area contributed by atoms with Crippen molar-refractivity contribution in [1.82, 2.24) is 9.80 Å². The van der Waals surface area contributed by atoms with E-state index in [0.717, 1.165) is 19.4 Å². The summed E-state index contributed by atoms with van der Waals surface area (Å²) in [5.41, 5.74) is 0.556. The second-order valence-electron chi connectivity index (χ2n) is 4.72. The standard InChI is InChI=1S/C15H22N4/c1-3-5-6-7-8-9-10-19-14(11-16)13-18(4-2)15(19)12-17/h4,13,15H,2-3,5-10H2,1H3. The van der Waals surface area contributed by atoms with Gasteiger partial charge in [-0.05, 0) is 12.6 Å². The van der Waals surface area contributed by atoms with Gasteiger partial charge in [-0.3, -0.25) is 0 Å². The van der Waals surface area contributed by atoms with Crippen molar-refractivity contribution in [1.29, 1.82) is 10.5 Å². The Morgan fingerprint density at radius 1 is 1.26 bits per heavy atom. The largest absolute Gasteiger partial charge is 0.329 e. The van der Waals surface area contributed by atoms with Gasteiger partial charge in [-0.15, -0.1) is 0 Å². The van der Waals surface area contributed by atoms with Gasteiger partial charge in [0.25, 0.3) is 0 Å². The number of hydrogen-bond acceptors (Lipinski definition) is 4. The number of rotatable bonds is 8. The zero-order valence-corrected chi connectivity index (χ0v) is 11.7. The third-order valence-corrected chi connectivity index (χ3v) is 3.35. The van der Waals surface area contributed by atoms with Crippen molar-refractivity contribution in [2.24, 2.45) is 0 Å². The van der Waals surface area contributed by atoms with Crippen LogP contribution in [0.4, 0.5) is 0 Å². The topological polar surface area (TPSA) is 54.1 Å². The van der Waals surface area contributed by atoms with Crippen LogP contribution in [0.2, 0.25) is 0 Å². The highest BCUT2D eigenvalue weighted by atomic mass is 15.4. The predicted molar refractivity (Wildman–Crippen MR) is 75.2 cm³/mol. The summed E-state index contributed by atoms with van der Waals surface area (Å²) in [6.45, 7) is 6.63. The van der Waals surface area contributed by atoms with Gasteiger partial charge < -0.3 is 9.80 Å². The molecule has 1 aliphatic heterocycles. The smallest absolute Gasteiger partial charge is 0.196 e. The molecule has 0 saturated carbocycles. The van der Waals surface area contributed by atoms with E-state index in [2.05, 4.69) is 25.6 Å². The van der Waals surface area contributed by atoms with Crippen LogP contribution in [0, 0.1) is 22.7 Å². The first-order valence-corrected chi connectivity index (χ1v) is 6.96. The third kappa shape index (κ3) is 4.03. The molecular formula is C15H22N4. The highest BCUT2D eigenvalue weighted by Crippen LogP contribution is 2.23. The highest BCUT2D eigenvalue weighted by molar-refractivity contribution is 5.28. The maximum absolute atomic E-state index is 9.20. The van der Waals surface area contributed by atoms with Crippen LogP contribution in [0.5, 0.6) is 0 Å². The van der Waals surface area contributed by atoms with Gasteiger partial charge in [-0.1, -0.05) is 45.6 Å². The maximum atomic E-state index is 9.20. The normalized spacial score (nSPS) is 17.8. The Labute approximate surface area is 116 Å². The first kappa shape index (κ1) is 15.1. The molecule has 102 valence electrons. The van der Waals surface area contributed by atoms with Gasteiger partial charge >= 0.3 is 0 Å². The minimum atomic E-state index is -0.414. The Morgan fingerprint density at radius 3 is 2.53 bits per heavy atom. The van der Waals surface area contributed by atoms with Gasteiger partial charge in [-0.25, -0.2) is 0 Å². The first-order valence-electron chi connectivity index (χ1n) is 6.96. The minimum Gasteiger partial charge on any atom is -0.329 e. The van der Waals surface area contributed by atoms with Crippen molar-refractivity contribution in [2.75, 3.05) is 6.54 Å². The third-order valence-electron chi connectivity index (χ3n) is 3.35. The van der Waals surface area contributed by atoms with E-state index in [1.807, 2.05) is 4.90 Å². The summed E-state index contributed by atoms with van der Waals surface area (Å²) in [5, 5.41) is 18.3. The van der Waals surface area contributed by atoms with Crippen LogP contribution in [-0.2, 0) is 0 Å². The monoisotopic (exact) mass is 258 g/mol. The SMILES string of the molecule is C=CN1C=C(C#N)N(CCCCCCCC)C1C#N. The van der Waals surface area contributed by atoms with Gasteiger partial charge in [0.2, 0.25) is 0 Å². The summed E-state index contributed by atoms with van der Waals surface area (Å²) in [4.78, 5) is 3.55. The minimum absolute atomic E-state index is 0.414. The average molecular weight is 258 g/mol. The predicted octanol–water partition coefficient (Wildman–Crippen LogP) is 3.32. The lowest BCUT2D eigenvalue weighted by Crippen LogP contribution is -2.36. The second kappa shape index (κ2) is 8.21. The molecule has 1 rings (SSSR count). The summed E-state index contributed by atoms with van der Waals surface area (Å²) in [7, 11) is 0. The summed E-state index contributed by atoms with van der Waals surface area (Å²) in [6.07, 6.45) is 10.1. The van der Waals surface area contributed by atoms with E-state index in [1.54, 1.807) is 17.3 Å². The zero-order valence-electron chi connectivity index (χ0n) is 11.7. The number of nitrogens with zero attached hydrogens (tertiary/aromatic N) is 4. The molecule has 0 fully saturated rings. The first-order chi connectivity index (χ1) is 9.28. The molecule has 19 heavy (non-hydrogen) atoms. The zero-order chi connectivity index (χ0) is 14.1. The van der Waals surface area contributed by atoms with Crippen molar-refractivity contribution in [3.63, 3.8) is 0 Å². The second-order valence-corrected chi connectivity index (χ2v) is 4.72. The van der Waals surface area contributed by atoms with Crippen LogP contribution < -0.4 is 0 Å². The Morgan fingerprint density at radius 2 is 1.95 bits per heavy atom. The summed E-state index contributed by atoms with van der Waals surface area (Å²) in [5.74, 6) is 0. The summed E-state index contributed by atoms with van der Waals surface area (Å²) in [6, 6.07) is 4.37. The molecule has 0 aliphatic carbocycles. The van der Waals surface area contributed by atoms with Crippen molar-refractivity contribution >= 4 is 0 Å². The van der Waals surface area contributed by atoms with Crippen LogP contribution in [0.3, 0.4) is 0 Å². The van der Waals surface area contributed by atoms with Crippen LogP contribution in [0.25, 0.3) is 0 Å². The van der Waals surface area contributed by atoms with Gasteiger partial charge in [0.1, 0.15) is 17.8 Å².